The fourth-order valence-electron chi connectivity index (χ4n) is 2.06. The zero-order valence-corrected chi connectivity index (χ0v) is 14.2. The van der Waals surface area contributed by atoms with Crippen molar-refractivity contribution in [2.45, 2.75) is 12.6 Å². The topological polar surface area (TPSA) is 59.6 Å². The van der Waals surface area contributed by atoms with Gasteiger partial charge in [-0.3, -0.25) is 4.99 Å². The summed E-state index contributed by atoms with van der Waals surface area (Å²) in [6, 6.07) is 10.5. The van der Waals surface area contributed by atoms with Gasteiger partial charge >= 0.3 is 6.18 Å². The van der Waals surface area contributed by atoms with Gasteiger partial charge in [0.2, 0.25) is 0 Å². The number of ether oxygens (including phenoxy) is 1. The molecular weight excluding hydrogens is 355 g/mol. The van der Waals surface area contributed by atoms with Crippen molar-refractivity contribution in [2.24, 2.45) is 10.7 Å². The van der Waals surface area contributed by atoms with E-state index in [1.807, 2.05) is 12.1 Å². The van der Waals surface area contributed by atoms with Gasteiger partial charge in [-0.1, -0.05) is 23.7 Å². The van der Waals surface area contributed by atoms with Crippen LogP contribution in [0.4, 0.5) is 13.2 Å². The Morgan fingerprint density at radius 1 is 1.16 bits per heavy atom. The van der Waals surface area contributed by atoms with Gasteiger partial charge in [0.25, 0.3) is 0 Å². The van der Waals surface area contributed by atoms with Crippen molar-refractivity contribution in [1.82, 2.24) is 5.32 Å². The highest BCUT2D eigenvalue weighted by atomic mass is 35.5. The van der Waals surface area contributed by atoms with Crippen molar-refractivity contribution in [3.8, 4) is 11.5 Å². The van der Waals surface area contributed by atoms with Crippen molar-refractivity contribution in [3.63, 3.8) is 0 Å². The van der Waals surface area contributed by atoms with E-state index in [4.69, 9.17) is 22.1 Å². The number of aliphatic imine (C=N–C) groups is 1. The molecule has 0 spiro atoms. The number of halogens is 4. The van der Waals surface area contributed by atoms with E-state index in [1.54, 1.807) is 19.2 Å². The number of hydrogen-bond acceptors (Lipinski definition) is 2. The van der Waals surface area contributed by atoms with Crippen LogP contribution in [0, 0.1) is 0 Å². The van der Waals surface area contributed by atoms with Crippen molar-refractivity contribution in [1.29, 1.82) is 0 Å². The number of nitrogens with zero attached hydrogens (tertiary/aromatic N) is 1. The fraction of sp³-hybridized carbons (Fsp3) is 0.235. The number of nitrogens with two attached hydrogens (primary N) is 1. The maximum absolute atomic E-state index is 12.9. The van der Waals surface area contributed by atoms with Gasteiger partial charge in [0, 0.05) is 13.6 Å². The van der Waals surface area contributed by atoms with Crippen LogP contribution < -0.4 is 15.8 Å². The Hall–Kier alpha value is -2.41. The average Bonchev–Trinajstić information content (AvgIpc) is 2.57. The molecule has 25 heavy (non-hydrogen) atoms. The lowest BCUT2D eigenvalue weighted by molar-refractivity contribution is -0.137. The molecule has 0 unspecified atom stereocenters. The normalized spacial score (nSPS) is 12.1. The van der Waals surface area contributed by atoms with Gasteiger partial charge in [-0.05, 0) is 42.3 Å². The van der Waals surface area contributed by atoms with Gasteiger partial charge in [-0.25, -0.2) is 0 Å². The lowest BCUT2D eigenvalue weighted by atomic mass is 10.1. The summed E-state index contributed by atoms with van der Waals surface area (Å²) < 4.78 is 44.0. The number of rotatable bonds is 5. The Labute approximate surface area is 148 Å². The molecule has 0 bridgehead atoms. The summed E-state index contributed by atoms with van der Waals surface area (Å²) >= 11 is 5.59. The van der Waals surface area contributed by atoms with Gasteiger partial charge in [-0.2, -0.15) is 13.2 Å². The van der Waals surface area contributed by atoms with Crippen molar-refractivity contribution >= 4 is 17.6 Å². The molecule has 0 atom stereocenters. The van der Waals surface area contributed by atoms with Crippen LogP contribution in [0.2, 0.25) is 5.02 Å². The van der Waals surface area contributed by atoms with Crippen LogP contribution in [0.25, 0.3) is 0 Å². The molecule has 8 heteroatoms. The van der Waals surface area contributed by atoms with Gasteiger partial charge in [0.05, 0.1) is 10.6 Å². The van der Waals surface area contributed by atoms with Crippen LogP contribution in [-0.2, 0) is 12.6 Å². The largest absolute Gasteiger partial charge is 0.457 e. The standard InChI is InChI=1S/C17H17ClF3N3O/c1-23-16(22)24-9-8-11-2-4-12(5-3-11)25-13-6-7-15(18)14(10-13)17(19,20)21/h2-7,10H,8-9H2,1H3,(H3,22,23,24). The molecule has 0 aromatic heterocycles. The van der Waals surface area contributed by atoms with E-state index in [-0.39, 0.29) is 10.8 Å². The highest BCUT2D eigenvalue weighted by Gasteiger charge is 2.33. The molecule has 134 valence electrons. The van der Waals surface area contributed by atoms with Crippen molar-refractivity contribution in [3.05, 3.63) is 58.6 Å². The summed E-state index contributed by atoms with van der Waals surface area (Å²) in [5, 5.41) is 2.57. The van der Waals surface area contributed by atoms with Crippen molar-refractivity contribution < 1.29 is 17.9 Å². The van der Waals surface area contributed by atoms with E-state index in [9.17, 15) is 13.2 Å². The van der Waals surface area contributed by atoms with Crippen LogP contribution in [0.3, 0.4) is 0 Å². The van der Waals surface area contributed by atoms with E-state index in [2.05, 4.69) is 10.3 Å². The quantitative estimate of drug-likeness (QED) is 0.611. The summed E-state index contributed by atoms with van der Waals surface area (Å²) in [5.74, 6) is 0.864. The molecule has 0 aliphatic heterocycles. The van der Waals surface area contributed by atoms with Gasteiger partial charge in [-0.15, -0.1) is 0 Å². The first-order valence-corrected chi connectivity index (χ1v) is 7.77. The number of benzene rings is 2. The molecule has 0 aliphatic rings. The first-order valence-electron chi connectivity index (χ1n) is 7.39. The zero-order chi connectivity index (χ0) is 18.4. The number of alkyl halides is 3. The summed E-state index contributed by atoms with van der Waals surface area (Å²) in [6.45, 7) is 0.621. The number of guanidine groups is 1. The minimum atomic E-state index is -4.53. The molecule has 2 aromatic rings. The molecule has 0 radical (unpaired) electrons. The third-order valence-electron chi connectivity index (χ3n) is 3.36. The first kappa shape index (κ1) is 18.9. The van der Waals surface area contributed by atoms with Crippen LogP contribution in [0.5, 0.6) is 11.5 Å². The van der Waals surface area contributed by atoms with Crippen molar-refractivity contribution in [2.75, 3.05) is 13.6 Å². The second-order valence-electron chi connectivity index (χ2n) is 5.17. The molecule has 2 rings (SSSR count). The van der Waals surface area contributed by atoms with Gasteiger partial charge < -0.3 is 15.8 Å². The van der Waals surface area contributed by atoms with E-state index >= 15 is 0 Å². The molecule has 0 amide bonds. The molecule has 0 saturated heterocycles. The Kier molecular flexibility index (Phi) is 6.14. The summed E-state index contributed by atoms with van der Waals surface area (Å²) in [5.41, 5.74) is 5.63. The molecular formula is C17H17ClF3N3O. The average molecular weight is 372 g/mol. The van der Waals surface area contributed by atoms with Crippen LogP contribution in [0.15, 0.2) is 47.5 Å². The summed E-state index contributed by atoms with van der Waals surface area (Å²) in [7, 11) is 1.59. The van der Waals surface area contributed by atoms with E-state index in [0.29, 0.717) is 18.3 Å². The molecule has 3 N–H and O–H groups in total. The lowest BCUT2D eigenvalue weighted by Crippen LogP contribution is -2.32. The summed E-state index contributed by atoms with van der Waals surface area (Å²) in [4.78, 5) is 3.78. The monoisotopic (exact) mass is 371 g/mol. The van der Waals surface area contributed by atoms with Gasteiger partial charge in [0.15, 0.2) is 5.96 Å². The second-order valence-corrected chi connectivity index (χ2v) is 5.58. The van der Waals surface area contributed by atoms with E-state index in [0.717, 1.165) is 18.1 Å². The number of hydrogen-bond donors (Lipinski definition) is 2. The smallest absolute Gasteiger partial charge is 0.417 e. The highest BCUT2D eigenvalue weighted by Crippen LogP contribution is 2.37. The van der Waals surface area contributed by atoms with Crippen LogP contribution in [0.1, 0.15) is 11.1 Å². The molecule has 0 saturated carbocycles. The van der Waals surface area contributed by atoms with E-state index in [1.165, 1.54) is 12.1 Å². The fourth-order valence-corrected chi connectivity index (χ4v) is 2.28. The lowest BCUT2D eigenvalue weighted by Gasteiger charge is -2.12. The molecule has 2 aromatic carbocycles. The Bertz CT molecular complexity index is 746. The second kappa shape index (κ2) is 8.11. The van der Waals surface area contributed by atoms with Crippen LogP contribution in [-0.4, -0.2) is 19.6 Å². The maximum atomic E-state index is 12.9. The Balaban J connectivity index is 2.02. The SMILES string of the molecule is CN=C(N)NCCc1ccc(Oc2ccc(Cl)c(C(F)(F)F)c2)cc1. The maximum Gasteiger partial charge on any atom is 0.417 e. The Morgan fingerprint density at radius 3 is 2.40 bits per heavy atom. The Morgan fingerprint density at radius 2 is 1.80 bits per heavy atom. The molecule has 0 aliphatic carbocycles. The third kappa shape index (κ3) is 5.56. The zero-order valence-electron chi connectivity index (χ0n) is 13.4. The highest BCUT2D eigenvalue weighted by molar-refractivity contribution is 6.31. The molecule has 4 nitrogen and oxygen atoms in total. The predicted octanol–water partition coefficient (Wildman–Crippen LogP) is 4.23. The van der Waals surface area contributed by atoms with E-state index < -0.39 is 11.7 Å². The third-order valence-corrected chi connectivity index (χ3v) is 3.69. The number of nitrogens with one attached hydrogen (secondary N) is 1. The predicted molar refractivity (Wildman–Crippen MR) is 92.2 cm³/mol. The molecule has 0 heterocycles. The first-order chi connectivity index (χ1) is 11.8. The van der Waals surface area contributed by atoms with Crippen LogP contribution >= 0.6 is 11.6 Å². The summed E-state index contributed by atoms with van der Waals surface area (Å²) in [6.07, 6.45) is -3.81. The van der Waals surface area contributed by atoms with Gasteiger partial charge in [0.1, 0.15) is 11.5 Å². The molecule has 0 fully saturated rings. The minimum absolute atomic E-state index is 0.0677. The minimum Gasteiger partial charge on any atom is -0.457 e.